The lowest BCUT2D eigenvalue weighted by molar-refractivity contribution is 0.842. The van der Waals surface area contributed by atoms with Gasteiger partial charge in [0.15, 0.2) is 5.82 Å². The summed E-state index contributed by atoms with van der Waals surface area (Å²) in [6.07, 6.45) is 3.48. The average Bonchev–Trinajstić information content (AvgIpc) is 3.08. The molecule has 9 heteroatoms. The molecule has 4 aromatic rings. The van der Waals surface area contributed by atoms with Crippen molar-refractivity contribution in [2.75, 3.05) is 17.2 Å². The average molecular weight is 530 g/mol. The van der Waals surface area contributed by atoms with Gasteiger partial charge in [0.2, 0.25) is 5.95 Å². The maximum Gasteiger partial charge on any atom is 0.219 e. The lowest BCUT2D eigenvalue weighted by atomic mass is 10.1. The van der Waals surface area contributed by atoms with Crippen LogP contribution in [0.25, 0.3) is 16.8 Å². The van der Waals surface area contributed by atoms with Gasteiger partial charge in [0.1, 0.15) is 5.82 Å². The van der Waals surface area contributed by atoms with Gasteiger partial charge >= 0.3 is 0 Å². The highest BCUT2D eigenvalue weighted by Gasteiger charge is 2.29. The summed E-state index contributed by atoms with van der Waals surface area (Å²) in [6, 6.07) is 14.2. The van der Waals surface area contributed by atoms with E-state index in [1.165, 1.54) is 0 Å². The Morgan fingerprint density at radius 1 is 1.00 bits per heavy atom. The zero-order valence-electron chi connectivity index (χ0n) is 16.0. The van der Waals surface area contributed by atoms with Crippen molar-refractivity contribution < 1.29 is 0 Å². The number of nitrogens with zero attached hydrogens (tertiary/aromatic N) is 6. The Hall–Kier alpha value is -2.72. The first-order chi connectivity index (χ1) is 14.5. The first-order valence-corrected chi connectivity index (χ1v) is 10.9. The lowest BCUT2D eigenvalue weighted by Gasteiger charge is -2.26. The van der Waals surface area contributed by atoms with E-state index in [1.807, 2.05) is 31.2 Å². The molecule has 0 saturated carbocycles. The number of aromatic nitrogens is 5. The SMILES string of the molecule is Cc1nnc2n1-c1ccc(-c3cnc(N)nc3)cc1N(c1ccc(Cl)cc1)C[C@H]2I. The molecule has 7 nitrogen and oxygen atoms in total. The van der Waals surface area contributed by atoms with Crippen molar-refractivity contribution in [1.29, 1.82) is 0 Å². The van der Waals surface area contributed by atoms with Gasteiger partial charge in [-0.3, -0.25) is 4.57 Å². The van der Waals surface area contributed by atoms with E-state index in [4.69, 9.17) is 17.3 Å². The van der Waals surface area contributed by atoms with Gasteiger partial charge in [-0.25, -0.2) is 9.97 Å². The number of aryl methyl sites for hydroxylation is 1. The summed E-state index contributed by atoms with van der Waals surface area (Å²) in [7, 11) is 0. The molecule has 2 aromatic carbocycles. The van der Waals surface area contributed by atoms with Crippen LogP contribution in [0.1, 0.15) is 15.6 Å². The molecule has 3 heterocycles. The van der Waals surface area contributed by atoms with Crippen LogP contribution in [0.2, 0.25) is 5.02 Å². The van der Waals surface area contributed by atoms with Gasteiger partial charge in [0, 0.05) is 35.2 Å². The van der Waals surface area contributed by atoms with Gasteiger partial charge in [0.05, 0.1) is 15.3 Å². The third-order valence-corrected chi connectivity index (χ3v) is 6.33. The third kappa shape index (κ3) is 3.29. The van der Waals surface area contributed by atoms with Crippen molar-refractivity contribution in [3.8, 4) is 16.8 Å². The number of rotatable bonds is 2. The molecule has 1 aliphatic rings. The monoisotopic (exact) mass is 529 g/mol. The van der Waals surface area contributed by atoms with Crippen LogP contribution in [0.5, 0.6) is 0 Å². The Morgan fingerprint density at radius 2 is 1.73 bits per heavy atom. The van der Waals surface area contributed by atoms with Gasteiger partial charge in [-0.1, -0.05) is 40.3 Å². The second kappa shape index (κ2) is 7.51. The highest BCUT2D eigenvalue weighted by atomic mass is 127. The zero-order chi connectivity index (χ0) is 20.8. The normalized spacial score (nSPS) is 15.4. The van der Waals surface area contributed by atoms with Gasteiger partial charge in [-0.05, 0) is 48.9 Å². The Labute approximate surface area is 192 Å². The Bertz CT molecular complexity index is 1220. The minimum absolute atomic E-state index is 0.148. The molecule has 30 heavy (non-hydrogen) atoms. The molecule has 0 bridgehead atoms. The third-order valence-electron chi connectivity index (χ3n) is 5.12. The van der Waals surface area contributed by atoms with Crippen LogP contribution >= 0.6 is 34.2 Å². The first-order valence-electron chi connectivity index (χ1n) is 9.32. The minimum atomic E-state index is 0.148. The van der Waals surface area contributed by atoms with Crippen molar-refractivity contribution in [2.45, 2.75) is 10.8 Å². The van der Waals surface area contributed by atoms with E-state index >= 15 is 0 Å². The highest BCUT2D eigenvalue weighted by molar-refractivity contribution is 14.1. The molecule has 2 aromatic heterocycles. The number of benzene rings is 2. The molecule has 0 spiro atoms. The molecule has 0 unspecified atom stereocenters. The predicted molar refractivity (Wildman–Crippen MR) is 127 cm³/mol. The number of nitrogens with two attached hydrogens (primary N) is 1. The number of hydrogen-bond donors (Lipinski definition) is 1. The molecule has 5 rings (SSSR count). The molecule has 0 saturated heterocycles. The van der Waals surface area contributed by atoms with E-state index in [1.54, 1.807) is 12.4 Å². The molecular weight excluding hydrogens is 513 g/mol. The molecule has 0 fully saturated rings. The lowest BCUT2D eigenvalue weighted by Crippen LogP contribution is -2.20. The molecule has 1 aliphatic heterocycles. The molecule has 0 radical (unpaired) electrons. The second-order valence-electron chi connectivity index (χ2n) is 7.03. The van der Waals surface area contributed by atoms with Crippen molar-refractivity contribution in [1.82, 2.24) is 24.7 Å². The fraction of sp³-hybridized carbons (Fsp3) is 0.143. The number of fused-ring (bicyclic) bond motifs is 3. The van der Waals surface area contributed by atoms with Gasteiger partial charge in [-0.15, -0.1) is 10.2 Å². The Kier molecular flexibility index (Phi) is 4.82. The van der Waals surface area contributed by atoms with Gasteiger partial charge < -0.3 is 10.6 Å². The van der Waals surface area contributed by atoms with E-state index in [9.17, 15) is 0 Å². The van der Waals surface area contributed by atoms with E-state index in [2.05, 4.69) is 70.4 Å². The topological polar surface area (TPSA) is 85.8 Å². The molecule has 150 valence electrons. The molecular formula is C21H17ClIN7. The van der Waals surface area contributed by atoms with Crippen LogP contribution in [0.3, 0.4) is 0 Å². The number of halogens is 2. The molecule has 2 N–H and O–H groups in total. The van der Waals surface area contributed by atoms with Crippen molar-refractivity contribution in [3.63, 3.8) is 0 Å². The molecule has 1 atom stereocenters. The van der Waals surface area contributed by atoms with Crippen LogP contribution in [0.4, 0.5) is 17.3 Å². The number of alkyl halides is 1. The van der Waals surface area contributed by atoms with Crippen LogP contribution in [-0.2, 0) is 0 Å². The van der Waals surface area contributed by atoms with Gasteiger partial charge in [0.25, 0.3) is 0 Å². The fourth-order valence-electron chi connectivity index (χ4n) is 3.68. The quantitative estimate of drug-likeness (QED) is 0.294. The number of hydrogen-bond acceptors (Lipinski definition) is 6. The summed E-state index contributed by atoms with van der Waals surface area (Å²) >= 11 is 8.57. The maximum atomic E-state index is 6.14. The first kappa shape index (κ1) is 19.3. The van der Waals surface area contributed by atoms with E-state index in [0.29, 0.717) is 5.02 Å². The predicted octanol–water partition coefficient (Wildman–Crippen LogP) is 4.90. The van der Waals surface area contributed by atoms with E-state index < -0.39 is 0 Å². The number of anilines is 3. The summed E-state index contributed by atoms with van der Waals surface area (Å²) in [6.45, 7) is 2.72. The molecule has 0 aliphatic carbocycles. The van der Waals surface area contributed by atoms with Crippen LogP contribution < -0.4 is 10.6 Å². The van der Waals surface area contributed by atoms with Crippen LogP contribution in [0, 0.1) is 6.92 Å². The van der Waals surface area contributed by atoms with Crippen molar-refractivity contribution in [2.24, 2.45) is 0 Å². The fourth-order valence-corrected chi connectivity index (χ4v) is 4.60. The Morgan fingerprint density at radius 3 is 2.47 bits per heavy atom. The standard InChI is InChI=1S/C21H17ClIN7/c1-12-27-28-20-17(23)11-29(16-5-3-15(22)4-6-16)19-8-13(2-7-18(19)30(12)20)14-9-25-21(24)26-10-14/h2-10,17H,11H2,1H3,(H2,24,25,26)/t17-/m1/s1. The van der Waals surface area contributed by atoms with Crippen LogP contribution in [-0.4, -0.2) is 31.3 Å². The second-order valence-corrected chi connectivity index (χ2v) is 8.97. The summed E-state index contributed by atoms with van der Waals surface area (Å²) in [5, 5.41) is 9.49. The maximum absolute atomic E-state index is 6.14. The Balaban J connectivity index is 1.73. The summed E-state index contributed by atoms with van der Waals surface area (Å²) in [4.78, 5) is 10.6. The summed E-state index contributed by atoms with van der Waals surface area (Å²) < 4.78 is 2.28. The van der Waals surface area contributed by atoms with Gasteiger partial charge in [-0.2, -0.15) is 0 Å². The van der Waals surface area contributed by atoms with Crippen LogP contribution in [0.15, 0.2) is 54.9 Å². The smallest absolute Gasteiger partial charge is 0.219 e. The minimum Gasteiger partial charge on any atom is -0.368 e. The van der Waals surface area contributed by atoms with Crippen molar-refractivity contribution >= 4 is 51.5 Å². The zero-order valence-corrected chi connectivity index (χ0v) is 18.9. The summed E-state index contributed by atoms with van der Waals surface area (Å²) in [5.74, 6) is 2.05. The van der Waals surface area contributed by atoms with E-state index in [-0.39, 0.29) is 9.87 Å². The largest absolute Gasteiger partial charge is 0.368 e. The highest BCUT2D eigenvalue weighted by Crippen LogP contribution is 2.42. The molecule has 0 amide bonds. The van der Waals surface area contributed by atoms with E-state index in [0.717, 1.165) is 46.4 Å². The number of nitrogen functional groups attached to an aromatic ring is 1. The summed E-state index contributed by atoms with van der Waals surface area (Å²) in [5.41, 5.74) is 10.7. The van der Waals surface area contributed by atoms with Crippen molar-refractivity contribution in [3.05, 3.63) is 71.5 Å².